The van der Waals surface area contributed by atoms with Crippen LogP contribution in [-0.2, 0) is 4.74 Å². The second-order valence-corrected chi connectivity index (χ2v) is 4.99. The standard InChI is InChI=1S/C12H15ClN2OS/c1-16-9-4-5-15(7-9)11-3-2-8(13)6-10(11)12(14)17/h2-3,6,9H,4-5,7H2,1H3,(H2,14,17). The van der Waals surface area contributed by atoms with E-state index in [2.05, 4.69) is 4.90 Å². The lowest BCUT2D eigenvalue weighted by Crippen LogP contribution is -2.25. The zero-order valence-electron chi connectivity index (χ0n) is 9.65. The topological polar surface area (TPSA) is 38.5 Å². The molecule has 1 atom stereocenters. The first-order chi connectivity index (χ1) is 8.11. The molecule has 0 amide bonds. The Hall–Kier alpha value is -0.840. The Labute approximate surface area is 111 Å². The molecular formula is C12H15ClN2OS. The van der Waals surface area contributed by atoms with E-state index in [4.69, 9.17) is 34.3 Å². The largest absolute Gasteiger partial charge is 0.389 e. The summed E-state index contributed by atoms with van der Waals surface area (Å²) in [6.07, 6.45) is 1.31. The molecule has 1 aromatic rings. The van der Waals surface area contributed by atoms with Crippen LogP contribution in [0.4, 0.5) is 5.69 Å². The van der Waals surface area contributed by atoms with Gasteiger partial charge in [0.05, 0.1) is 6.10 Å². The number of nitrogens with zero attached hydrogens (tertiary/aromatic N) is 1. The Morgan fingerprint density at radius 2 is 2.35 bits per heavy atom. The second-order valence-electron chi connectivity index (χ2n) is 4.12. The molecule has 17 heavy (non-hydrogen) atoms. The normalized spacial score (nSPS) is 19.6. The Bertz CT molecular complexity index is 439. The molecule has 1 saturated heterocycles. The van der Waals surface area contributed by atoms with E-state index in [-0.39, 0.29) is 6.10 Å². The summed E-state index contributed by atoms with van der Waals surface area (Å²) in [5.41, 5.74) is 7.61. The summed E-state index contributed by atoms with van der Waals surface area (Å²) in [4.78, 5) is 2.61. The summed E-state index contributed by atoms with van der Waals surface area (Å²) in [6.45, 7) is 1.82. The lowest BCUT2D eigenvalue weighted by atomic mass is 10.1. The molecule has 1 aliphatic heterocycles. The van der Waals surface area contributed by atoms with Gasteiger partial charge in [-0.25, -0.2) is 0 Å². The van der Waals surface area contributed by atoms with Crippen LogP contribution in [-0.4, -0.2) is 31.3 Å². The van der Waals surface area contributed by atoms with E-state index in [1.165, 1.54) is 0 Å². The molecule has 3 nitrogen and oxygen atoms in total. The van der Waals surface area contributed by atoms with Gasteiger partial charge in [-0.2, -0.15) is 0 Å². The molecule has 1 fully saturated rings. The number of rotatable bonds is 3. The number of benzene rings is 1. The molecule has 1 unspecified atom stereocenters. The van der Waals surface area contributed by atoms with E-state index >= 15 is 0 Å². The fourth-order valence-corrected chi connectivity index (χ4v) is 2.46. The van der Waals surface area contributed by atoms with Crippen LogP contribution in [0.5, 0.6) is 0 Å². The minimum atomic E-state index is 0.282. The number of thiocarbonyl (C=S) groups is 1. The third-order valence-electron chi connectivity index (χ3n) is 3.04. The van der Waals surface area contributed by atoms with Crippen molar-refractivity contribution in [3.05, 3.63) is 28.8 Å². The highest BCUT2D eigenvalue weighted by molar-refractivity contribution is 7.80. The van der Waals surface area contributed by atoms with Gasteiger partial charge in [-0.1, -0.05) is 23.8 Å². The lowest BCUT2D eigenvalue weighted by molar-refractivity contribution is 0.121. The van der Waals surface area contributed by atoms with Crippen LogP contribution in [0.2, 0.25) is 5.02 Å². The van der Waals surface area contributed by atoms with E-state index in [1.807, 2.05) is 18.2 Å². The minimum absolute atomic E-state index is 0.282. The average molecular weight is 271 g/mol. The van der Waals surface area contributed by atoms with Crippen molar-refractivity contribution in [3.8, 4) is 0 Å². The van der Waals surface area contributed by atoms with Crippen LogP contribution in [0.3, 0.4) is 0 Å². The molecule has 0 spiro atoms. The highest BCUT2D eigenvalue weighted by Crippen LogP contribution is 2.28. The van der Waals surface area contributed by atoms with Crippen LogP contribution < -0.4 is 10.6 Å². The molecule has 2 rings (SSSR count). The van der Waals surface area contributed by atoms with Gasteiger partial charge < -0.3 is 15.4 Å². The maximum absolute atomic E-state index is 5.97. The second kappa shape index (κ2) is 5.21. The van der Waals surface area contributed by atoms with Gasteiger partial charge in [0.2, 0.25) is 0 Å². The average Bonchev–Trinajstić information content (AvgIpc) is 2.77. The quantitative estimate of drug-likeness (QED) is 0.855. The van der Waals surface area contributed by atoms with Crippen molar-refractivity contribution < 1.29 is 4.74 Å². The van der Waals surface area contributed by atoms with Crippen molar-refractivity contribution in [2.75, 3.05) is 25.1 Å². The molecule has 1 heterocycles. The molecular weight excluding hydrogens is 256 g/mol. The summed E-state index contributed by atoms with van der Waals surface area (Å²) in [5, 5.41) is 0.652. The number of nitrogens with two attached hydrogens (primary N) is 1. The molecule has 0 aromatic heterocycles. The highest BCUT2D eigenvalue weighted by atomic mass is 35.5. The Kier molecular flexibility index (Phi) is 3.86. The van der Waals surface area contributed by atoms with Gasteiger partial charge in [-0.05, 0) is 24.6 Å². The number of anilines is 1. The zero-order valence-corrected chi connectivity index (χ0v) is 11.2. The predicted octanol–water partition coefficient (Wildman–Crippen LogP) is 2.20. The molecule has 1 aromatic carbocycles. The molecule has 1 aliphatic rings. The molecule has 0 aliphatic carbocycles. The van der Waals surface area contributed by atoms with Crippen LogP contribution in [0, 0.1) is 0 Å². The summed E-state index contributed by atoms with van der Waals surface area (Å²) in [5.74, 6) is 0. The maximum Gasteiger partial charge on any atom is 0.106 e. The molecule has 0 saturated carbocycles. The third kappa shape index (κ3) is 2.70. The summed E-state index contributed by atoms with van der Waals surface area (Å²) in [6, 6.07) is 5.65. The number of ether oxygens (including phenoxy) is 1. The number of halogens is 1. The predicted molar refractivity (Wildman–Crippen MR) is 75.0 cm³/mol. The Morgan fingerprint density at radius 1 is 1.59 bits per heavy atom. The monoisotopic (exact) mass is 270 g/mol. The molecule has 0 radical (unpaired) electrons. The van der Waals surface area contributed by atoms with Gasteiger partial charge in [0.15, 0.2) is 0 Å². The van der Waals surface area contributed by atoms with Crippen molar-refractivity contribution in [3.63, 3.8) is 0 Å². The fraction of sp³-hybridized carbons (Fsp3) is 0.417. The smallest absolute Gasteiger partial charge is 0.106 e. The third-order valence-corrected chi connectivity index (χ3v) is 3.50. The van der Waals surface area contributed by atoms with Gasteiger partial charge in [0.1, 0.15) is 4.99 Å². The van der Waals surface area contributed by atoms with Gasteiger partial charge in [-0.3, -0.25) is 0 Å². The first kappa shape index (κ1) is 12.6. The van der Waals surface area contributed by atoms with Crippen molar-refractivity contribution in [2.45, 2.75) is 12.5 Å². The number of methoxy groups -OCH3 is 1. The van der Waals surface area contributed by atoms with Gasteiger partial charge >= 0.3 is 0 Å². The van der Waals surface area contributed by atoms with Crippen LogP contribution in [0.15, 0.2) is 18.2 Å². The van der Waals surface area contributed by atoms with E-state index < -0.39 is 0 Å². The van der Waals surface area contributed by atoms with Crippen LogP contribution >= 0.6 is 23.8 Å². The van der Waals surface area contributed by atoms with Gasteiger partial charge in [-0.15, -0.1) is 0 Å². The SMILES string of the molecule is COC1CCN(c2ccc(Cl)cc2C(N)=S)C1. The minimum Gasteiger partial charge on any atom is -0.389 e. The first-order valence-electron chi connectivity index (χ1n) is 5.49. The summed E-state index contributed by atoms with van der Waals surface area (Å²) in [7, 11) is 1.74. The lowest BCUT2D eigenvalue weighted by Gasteiger charge is -2.21. The van der Waals surface area contributed by atoms with Crippen LogP contribution in [0.1, 0.15) is 12.0 Å². The van der Waals surface area contributed by atoms with E-state index in [0.29, 0.717) is 10.0 Å². The van der Waals surface area contributed by atoms with Crippen molar-refractivity contribution in [1.29, 1.82) is 0 Å². The van der Waals surface area contributed by atoms with Gasteiger partial charge in [0.25, 0.3) is 0 Å². The Morgan fingerprint density at radius 3 is 2.94 bits per heavy atom. The van der Waals surface area contributed by atoms with E-state index in [1.54, 1.807) is 7.11 Å². The molecule has 92 valence electrons. The molecule has 5 heteroatoms. The Balaban J connectivity index is 2.29. The van der Waals surface area contributed by atoms with Gasteiger partial charge in [0, 0.05) is 36.5 Å². The van der Waals surface area contributed by atoms with E-state index in [9.17, 15) is 0 Å². The molecule has 2 N–H and O–H groups in total. The number of hydrogen-bond acceptors (Lipinski definition) is 3. The first-order valence-corrected chi connectivity index (χ1v) is 6.27. The van der Waals surface area contributed by atoms with Crippen molar-refractivity contribution in [2.24, 2.45) is 5.73 Å². The summed E-state index contributed by atoms with van der Waals surface area (Å²) >= 11 is 11.0. The maximum atomic E-state index is 5.97. The fourth-order valence-electron chi connectivity index (χ4n) is 2.12. The molecule has 0 bridgehead atoms. The van der Waals surface area contributed by atoms with Crippen molar-refractivity contribution >= 4 is 34.5 Å². The van der Waals surface area contributed by atoms with Crippen molar-refractivity contribution in [1.82, 2.24) is 0 Å². The highest BCUT2D eigenvalue weighted by Gasteiger charge is 2.24. The summed E-state index contributed by atoms with van der Waals surface area (Å²) < 4.78 is 5.36. The van der Waals surface area contributed by atoms with E-state index in [0.717, 1.165) is 30.8 Å². The number of hydrogen-bond donors (Lipinski definition) is 1. The zero-order chi connectivity index (χ0) is 12.4. The van der Waals surface area contributed by atoms with Crippen LogP contribution in [0.25, 0.3) is 0 Å².